The topological polar surface area (TPSA) is 33.2 Å². The number of aryl methyl sites for hydroxylation is 1. The third-order valence-corrected chi connectivity index (χ3v) is 4.54. The Labute approximate surface area is 99.5 Å². The number of anilines is 1. The number of hydrogen-bond acceptors (Lipinski definition) is 4. The number of carbonyl (C=O) groups is 1. The molecular weight excluding hydrogens is 220 g/mol. The molecule has 3 rings (SSSR count). The zero-order valence-electron chi connectivity index (χ0n) is 9.53. The zero-order valence-corrected chi connectivity index (χ0v) is 10.3. The average Bonchev–Trinajstić information content (AvgIpc) is 2.95. The van der Waals surface area contributed by atoms with Crippen LogP contribution in [-0.2, 0) is 6.42 Å². The van der Waals surface area contributed by atoms with Crippen LogP contribution >= 0.6 is 11.3 Å². The number of nitrogens with zero attached hydrogens (tertiary/aromatic N) is 2. The van der Waals surface area contributed by atoms with Gasteiger partial charge in [-0.25, -0.2) is 4.98 Å². The fourth-order valence-electron chi connectivity index (χ4n) is 2.18. The molecular formula is C12H16N2OS. The van der Waals surface area contributed by atoms with Gasteiger partial charge in [-0.05, 0) is 31.6 Å². The van der Waals surface area contributed by atoms with Crippen molar-refractivity contribution in [3.05, 3.63) is 10.6 Å². The first kappa shape index (κ1) is 10.3. The van der Waals surface area contributed by atoms with Crippen molar-refractivity contribution in [3.63, 3.8) is 0 Å². The molecule has 0 amide bonds. The maximum Gasteiger partial charge on any atom is 0.185 e. The van der Waals surface area contributed by atoms with E-state index < -0.39 is 0 Å². The number of thiazole rings is 1. The minimum Gasteiger partial charge on any atom is -0.351 e. The monoisotopic (exact) mass is 236 g/mol. The second kappa shape index (κ2) is 3.84. The quantitative estimate of drug-likeness (QED) is 0.808. The van der Waals surface area contributed by atoms with E-state index in [0.717, 1.165) is 36.1 Å². The van der Waals surface area contributed by atoms with Gasteiger partial charge in [0.25, 0.3) is 0 Å². The summed E-state index contributed by atoms with van der Waals surface area (Å²) < 4.78 is 0. The first-order valence-electron chi connectivity index (χ1n) is 5.98. The highest BCUT2D eigenvalue weighted by Gasteiger charge is 2.27. The summed E-state index contributed by atoms with van der Waals surface area (Å²) in [7, 11) is 2.09. The Hall–Kier alpha value is -0.900. The SMILES string of the molecule is CN(CC1CC1)c1nc2c(s1)CCCC2=O. The summed E-state index contributed by atoms with van der Waals surface area (Å²) in [4.78, 5) is 19.6. The molecule has 0 aliphatic heterocycles. The first-order valence-corrected chi connectivity index (χ1v) is 6.79. The van der Waals surface area contributed by atoms with Gasteiger partial charge in [-0.3, -0.25) is 4.79 Å². The van der Waals surface area contributed by atoms with Gasteiger partial charge in [0.05, 0.1) is 0 Å². The van der Waals surface area contributed by atoms with Gasteiger partial charge in [0.15, 0.2) is 10.9 Å². The molecule has 0 unspecified atom stereocenters. The van der Waals surface area contributed by atoms with Crippen LogP contribution in [0.25, 0.3) is 0 Å². The van der Waals surface area contributed by atoms with Crippen LogP contribution in [0.3, 0.4) is 0 Å². The molecule has 0 spiro atoms. The maximum atomic E-state index is 11.7. The number of Topliss-reactive ketones (excluding diaryl/α,β-unsaturated/α-hetero) is 1. The minimum absolute atomic E-state index is 0.239. The molecule has 16 heavy (non-hydrogen) atoms. The lowest BCUT2D eigenvalue weighted by atomic mass is 10.0. The van der Waals surface area contributed by atoms with Crippen LogP contribution in [0.5, 0.6) is 0 Å². The molecule has 0 radical (unpaired) electrons. The van der Waals surface area contributed by atoms with Gasteiger partial charge in [0.2, 0.25) is 0 Å². The molecule has 1 heterocycles. The van der Waals surface area contributed by atoms with E-state index in [4.69, 9.17) is 0 Å². The summed E-state index contributed by atoms with van der Waals surface area (Å²) in [5.41, 5.74) is 0.758. The number of hydrogen-bond donors (Lipinski definition) is 0. The molecule has 2 aliphatic carbocycles. The molecule has 4 heteroatoms. The van der Waals surface area contributed by atoms with Crippen LogP contribution in [0.1, 0.15) is 41.0 Å². The van der Waals surface area contributed by atoms with Gasteiger partial charge >= 0.3 is 0 Å². The van der Waals surface area contributed by atoms with Crippen LogP contribution in [0.15, 0.2) is 0 Å². The van der Waals surface area contributed by atoms with Crippen molar-refractivity contribution < 1.29 is 4.79 Å². The average molecular weight is 236 g/mol. The van der Waals surface area contributed by atoms with Crippen molar-refractivity contribution in [2.75, 3.05) is 18.5 Å². The Morgan fingerprint density at radius 2 is 2.25 bits per heavy atom. The van der Waals surface area contributed by atoms with E-state index in [1.54, 1.807) is 11.3 Å². The van der Waals surface area contributed by atoms with E-state index in [0.29, 0.717) is 6.42 Å². The standard InChI is InChI=1S/C12H16N2OS/c1-14(7-8-5-6-8)12-13-11-9(15)3-2-4-10(11)16-12/h8H,2-7H2,1H3. The summed E-state index contributed by atoms with van der Waals surface area (Å²) in [5.74, 6) is 1.10. The van der Waals surface area contributed by atoms with Crippen LogP contribution in [-0.4, -0.2) is 24.4 Å². The molecule has 86 valence electrons. The van der Waals surface area contributed by atoms with Crippen molar-refractivity contribution in [2.45, 2.75) is 32.1 Å². The second-order valence-corrected chi connectivity index (χ2v) is 5.93. The molecule has 2 aliphatic rings. The first-order chi connectivity index (χ1) is 7.74. The van der Waals surface area contributed by atoms with Crippen molar-refractivity contribution >= 4 is 22.3 Å². The third kappa shape index (κ3) is 1.86. The van der Waals surface area contributed by atoms with E-state index >= 15 is 0 Å². The summed E-state index contributed by atoms with van der Waals surface area (Å²) in [6, 6.07) is 0. The lowest BCUT2D eigenvalue weighted by molar-refractivity contribution is 0.0968. The van der Waals surface area contributed by atoms with Crippen LogP contribution in [0.2, 0.25) is 0 Å². The Kier molecular flexibility index (Phi) is 2.46. The van der Waals surface area contributed by atoms with Gasteiger partial charge in [0.1, 0.15) is 5.69 Å². The fraction of sp³-hybridized carbons (Fsp3) is 0.667. The molecule has 0 atom stereocenters. The molecule has 1 saturated carbocycles. The Morgan fingerprint density at radius 1 is 1.44 bits per heavy atom. The van der Waals surface area contributed by atoms with E-state index in [2.05, 4.69) is 16.9 Å². The van der Waals surface area contributed by atoms with Gasteiger partial charge < -0.3 is 4.90 Å². The van der Waals surface area contributed by atoms with Crippen molar-refractivity contribution in [3.8, 4) is 0 Å². The van der Waals surface area contributed by atoms with Gasteiger partial charge in [-0.2, -0.15) is 0 Å². The van der Waals surface area contributed by atoms with Gasteiger partial charge in [0, 0.05) is 24.9 Å². The molecule has 0 aromatic carbocycles. The lowest BCUT2D eigenvalue weighted by Crippen LogP contribution is -2.19. The summed E-state index contributed by atoms with van der Waals surface area (Å²) in [6.45, 7) is 1.10. The van der Waals surface area contributed by atoms with Gasteiger partial charge in [-0.1, -0.05) is 0 Å². The highest BCUT2D eigenvalue weighted by atomic mass is 32.1. The number of ketones is 1. The molecule has 1 aromatic rings. The van der Waals surface area contributed by atoms with Crippen molar-refractivity contribution in [1.82, 2.24) is 4.98 Å². The van der Waals surface area contributed by atoms with E-state index in [9.17, 15) is 4.79 Å². The molecule has 1 fully saturated rings. The van der Waals surface area contributed by atoms with Crippen LogP contribution < -0.4 is 4.90 Å². The Balaban J connectivity index is 1.82. The summed E-state index contributed by atoms with van der Waals surface area (Å²) >= 11 is 1.71. The Morgan fingerprint density at radius 3 is 2.94 bits per heavy atom. The zero-order chi connectivity index (χ0) is 11.1. The predicted molar refractivity (Wildman–Crippen MR) is 65.4 cm³/mol. The predicted octanol–water partition coefficient (Wildman–Crippen LogP) is 2.51. The molecule has 1 aromatic heterocycles. The highest BCUT2D eigenvalue weighted by Crippen LogP contribution is 2.34. The summed E-state index contributed by atoms with van der Waals surface area (Å²) in [6.07, 6.45) is 5.43. The third-order valence-electron chi connectivity index (χ3n) is 3.31. The van der Waals surface area contributed by atoms with Crippen molar-refractivity contribution in [2.24, 2.45) is 5.92 Å². The lowest BCUT2D eigenvalue weighted by Gasteiger charge is -2.14. The minimum atomic E-state index is 0.239. The normalized spacial score (nSPS) is 19.7. The van der Waals surface area contributed by atoms with E-state index in [-0.39, 0.29) is 5.78 Å². The highest BCUT2D eigenvalue weighted by molar-refractivity contribution is 7.16. The molecule has 0 saturated heterocycles. The molecule has 0 bridgehead atoms. The summed E-state index contributed by atoms with van der Waals surface area (Å²) in [5, 5.41) is 1.03. The van der Waals surface area contributed by atoms with E-state index in [1.165, 1.54) is 17.7 Å². The second-order valence-electron chi connectivity index (χ2n) is 4.87. The number of fused-ring (bicyclic) bond motifs is 1. The smallest absolute Gasteiger partial charge is 0.185 e. The largest absolute Gasteiger partial charge is 0.351 e. The fourth-order valence-corrected chi connectivity index (χ4v) is 3.27. The number of rotatable bonds is 3. The van der Waals surface area contributed by atoms with E-state index in [1.807, 2.05) is 0 Å². The molecule has 3 nitrogen and oxygen atoms in total. The van der Waals surface area contributed by atoms with Gasteiger partial charge in [-0.15, -0.1) is 11.3 Å². The number of carbonyl (C=O) groups excluding carboxylic acids is 1. The maximum absolute atomic E-state index is 11.7. The van der Waals surface area contributed by atoms with Crippen LogP contribution in [0.4, 0.5) is 5.13 Å². The molecule has 0 N–H and O–H groups in total. The number of aromatic nitrogens is 1. The van der Waals surface area contributed by atoms with Crippen molar-refractivity contribution in [1.29, 1.82) is 0 Å². The Bertz CT molecular complexity index is 423. The van der Waals surface area contributed by atoms with Crippen LogP contribution in [0, 0.1) is 5.92 Å².